The molecule has 2 nitrogen and oxygen atoms in total. The number of hydrogen-bond acceptors (Lipinski definition) is 2. The van der Waals surface area contributed by atoms with Crippen LogP contribution in [0.4, 0.5) is 0 Å². The zero-order valence-electron chi connectivity index (χ0n) is 13.3. The molecular formula is C19H28N2. The molecule has 2 unspecified atom stereocenters. The fourth-order valence-corrected chi connectivity index (χ4v) is 4.12. The summed E-state index contributed by atoms with van der Waals surface area (Å²) in [7, 11) is 0. The molecule has 114 valence electrons. The van der Waals surface area contributed by atoms with Crippen LogP contribution >= 0.6 is 0 Å². The third kappa shape index (κ3) is 3.02. The van der Waals surface area contributed by atoms with E-state index in [9.17, 15) is 0 Å². The number of aryl methyl sites for hydroxylation is 2. The lowest BCUT2D eigenvalue weighted by Crippen LogP contribution is -2.29. The Balaban J connectivity index is 1.30. The van der Waals surface area contributed by atoms with Gasteiger partial charge in [0.1, 0.15) is 0 Å². The van der Waals surface area contributed by atoms with Crippen molar-refractivity contribution < 1.29 is 0 Å². The van der Waals surface area contributed by atoms with Crippen molar-refractivity contribution in [2.24, 2.45) is 5.92 Å². The summed E-state index contributed by atoms with van der Waals surface area (Å²) in [5, 5.41) is 3.79. The first kappa shape index (κ1) is 13.8. The summed E-state index contributed by atoms with van der Waals surface area (Å²) in [5.41, 5.74) is 4.66. The Kier molecular flexibility index (Phi) is 3.76. The van der Waals surface area contributed by atoms with Crippen molar-refractivity contribution in [2.45, 2.75) is 57.5 Å². The summed E-state index contributed by atoms with van der Waals surface area (Å²) in [5.74, 6) is 0.863. The van der Waals surface area contributed by atoms with Gasteiger partial charge >= 0.3 is 0 Å². The van der Waals surface area contributed by atoms with Crippen molar-refractivity contribution in [1.82, 2.24) is 10.2 Å². The van der Waals surface area contributed by atoms with Crippen LogP contribution in [0.25, 0.3) is 0 Å². The summed E-state index contributed by atoms with van der Waals surface area (Å²) < 4.78 is 0. The molecule has 0 bridgehead atoms. The Hall–Kier alpha value is -0.860. The van der Waals surface area contributed by atoms with Crippen LogP contribution in [0.2, 0.25) is 0 Å². The van der Waals surface area contributed by atoms with E-state index in [1.807, 2.05) is 0 Å². The SMILES string of the molecule is CC(NCC1CCN(C2CC2)C1)c1ccc2c(c1)CCC2. The molecule has 1 aromatic rings. The number of nitrogens with zero attached hydrogens (tertiary/aromatic N) is 1. The molecule has 1 saturated carbocycles. The maximum absolute atomic E-state index is 3.79. The van der Waals surface area contributed by atoms with Crippen molar-refractivity contribution in [1.29, 1.82) is 0 Å². The molecule has 21 heavy (non-hydrogen) atoms. The fourth-order valence-electron chi connectivity index (χ4n) is 4.12. The van der Waals surface area contributed by atoms with E-state index in [1.54, 1.807) is 11.1 Å². The Morgan fingerprint density at radius 1 is 1.19 bits per heavy atom. The maximum atomic E-state index is 3.79. The van der Waals surface area contributed by atoms with Gasteiger partial charge in [-0.1, -0.05) is 18.2 Å². The minimum Gasteiger partial charge on any atom is -0.310 e. The van der Waals surface area contributed by atoms with Gasteiger partial charge in [0.15, 0.2) is 0 Å². The molecule has 0 spiro atoms. The number of rotatable bonds is 5. The van der Waals surface area contributed by atoms with Crippen LogP contribution in [0.5, 0.6) is 0 Å². The molecule has 0 radical (unpaired) electrons. The average Bonchev–Trinajstić information content (AvgIpc) is 3.07. The van der Waals surface area contributed by atoms with Crippen molar-refractivity contribution in [3.63, 3.8) is 0 Å². The molecule has 1 aliphatic heterocycles. The molecule has 1 aromatic carbocycles. The number of nitrogens with one attached hydrogen (secondary N) is 1. The van der Waals surface area contributed by atoms with Gasteiger partial charge in [-0.2, -0.15) is 0 Å². The van der Waals surface area contributed by atoms with Crippen LogP contribution in [0, 0.1) is 5.92 Å². The van der Waals surface area contributed by atoms with Crippen LogP contribution in [0.15, 0.2) is 18.2 Å². The third-order valence-corrected chi connectivity index (χ3v) is 5.72. The first-order valence-corrected chi connectivity index (χ1v) is 8.89. The Morgan fingerprint density at radius 2 is 2.05 bits per heavy atom. The lowest BCUT2D eigenvalue weighted by atomic mass is 10.0. The molecule has 1 saturated heterocycles. The van der Waals surface area contributed by atoms with Gasteiger partial charge in [-0.05, 0) is 81.1 Å². The predicted octanol–water partition coefficient (Wildman–Crippen LogP) is 3.31. The lowest BCUT2D eigenvalue weighted by molar-refractivity contribution is 0.310. The van der Waals surface area contributed by atoms with Gasteiger partial charge in [0.05, 0.1) is 0 Å². The maximum Gasteiger partial charge on any atom is 0.0292 e. The molecule has 2 aliphatic carbocycles. The van der Waals surface area contributed by atoms with E-state index in [2.05, 4.69) is 35.3 Å². The van der Waals surface area contributed by atoms with Gasteiger partial charge in [0, 0.05) is 18.6 Å². The molecule has 1 N–H and O–H groups in total. The fraction of sp³-hybridized carbons (Fsp3) is 0.684. The molecule has 2 fully saturated rings. The molecule has 2 heteroatoms. The van der Waals surface area contributed by atoms with Crippen molar-refractivity contribution in [2.75, 3.05) is 19.6 Å². The summed E-state index contributed by atoms with van der Waals surface area (Å²) in [6, 6.07) is 8.59. The van der Waals surface area contributed by atoms with Gasteiger partial charge in [0.25, 0.3) is 0 Å². The normalized spacial score (nSPS) is 27.0. The summed E-state index contributed by atoms with van der Waals surface area (Å²) in [6.07, 6.45) is 8.21. The molecule has 0 amide bonds. The Bertz CT molecular complexity index is 506. The second-order valence-electron chi connectivity index (χ2n) is 7.39. The summed E-state index contributed by atoms with van der Waals surface area (Å²) >= 11 is 0. The quantitative estimate of drug-likeness (QED) is 0.892. The number of hydrogen-bond donors (Lipinski definition) is 1. The zero-order valence-corrected chi connectivity index (χ0v) is 13.3. The van der Waals surface area contributed by atoms with E-state index in [0.717, 1.165) is 12.0 Å². The first-order valence-electron chi connectivity index (χ1n) is 8.89. The van der Waals surface area contributed by atoms with Crippen LogP contribution in [0.1, 0.15) is 55.3 Å². The Labute approximate surface area is 128 Å². The number of likely N-dealkylation sites (tertiary alicyclic amines) is 1. The van der Waals surface area contributed by atoms with Gasteiger partial charge in [0.2, 0.25) is 0 Å². The monoisotopic (exact) mass is 284 g/mol. The molecule has 0 aromatic heterocycles. The van der Waals surface area contributed by atoms with E-state index >= 15 is 0 Å². The van der Waals surface area contributed by atoms with E-state index < -0.39 is 0 Å². The van der Waals surface area contributed by atoms with E-state index in [1.165, 1.54) is 63.7 Å². The highest BCUT2D eigenvalue weighted by Gasteiger charge is 2.34. The van der Waals surface area contributed by atoms with E-state index in [4.69, 9.17) is 0 Å². The highest BCUT2D eigenvalue weighted by molar-refractivity contribution is 5.36. The Morgan fingerprint density at radius 3 is 2.90 bits per heavy atom. The molecular weight excluding hydrogens is 256 g/mol. The zero-order chi connectivity index (χ0) is 14.2. The van der Waals surface area contributed by atoms with Crippen molar-refractivity contribution in [3.05, 3.63) is 34.9 Å². The smallest absolute Gasteiger partial charge is 0.0292 e. The van der Waals surface area contributed by atoms with E-state index in [-0.39, 0.29) is 0 Å². The number of benzene rings is 1. The minimum absolute atomic E-state index is 0.492. The van der Waals surface area contributed by atoms with Crippen molar-refractivity contribution in [3.8, 4) is 0 Å². The summed E-state index contributed by atoms with van der Waals surface area (Å²) in [6.45, 7) is 6.17. The minimum atomic E-state index is 0.492. The molecule has 1 heterocycles. The molecule has 4 rings (SSSR count). The second kappa shape index (κ2) is 5.73. The number of fused-ring (bicyclic) bond motifs is 1. The predicted molar refractivity (Wildman–Crippen MR) is 87.6 cm³/mol. The highest BCUT2D eigenvalue weighted by atomic mass is 15.2. The average molecular weight is 284 g/mol. The van der Waals surface area contributed by atoms with Gasteiger partial charge in [-0.25, -0.2) is 0 Å². The van der Waals surface area contributed by atoms with Crippen LogP contribution in [-0.4, -0.2) is 30.6 Å². The second-order valence-corrected chi connectivity index (χ2v) is 7.39. The van der Waals surface area contributed by atoms with Gasteiger partial charge in [-0.15, -0.1) is 0 Å². The van der Waals surface area contributed by atoms with Crippen LogP contribution in [-0.2, 0) is 12.8 Å². The molecule has 3 aliphatic rings. The highest BCUT2D eigenvalue weighted by Crippen LogP contribution is 2.32. The lowest BCUT2D eigenvalue weighted by Gasteiger charge is -2.19. The van der Waals surface area contributed by atoms with Crippen LogP contribution < -0.4 is 5.32 Å². The standard InChI is InChI=1S/C19H28N2/c1-14(17-6-5-16-3-2-4-18(16)11-17)20-12-15-9-10-21(13-15)19-7-8-19/h5-6,11,14-15,19-20H,2-4,7-10,12-13H2,1H3. The van der Waals surface area contributed by atoms with Gasteiger partial charge in [-0.3, -0.25) is 0 Å². The van der Waals surface area contributed by atoms with Crippen molar-refractivity contribution >= 4 is 0 Å². The first-order chi connectivity index (χ1) is 10.3. The largest absolute Gasteiger partial charge is 0.310 e. The summed E-state index contributed by atoms with van der Waals surface area (Å²) in [4.78, 5) is 2.71. The van der Waals surface area contributed by atoms with E-state index in [0.29, 0.717) is 6.04 Å². The third-order valence-electron chi connectivity index (χ3n) is 5.72. The molecule has 2 atom stereocenters. The van der Waals surface area contributed by atoms with Crippen LogP contribution in [0.3, 0.4) is 0 Å². The topological polar surface area (TPSA) is 15.3 Å². The van der Waals surface area contributed by atoms with Gasteiger partial charge < -0.3 is 10.2 Å².